The van der Waals surface area contributed by atoms with Crippen LogP contribution in [0.3, 0.4) is 0 Å². The number of nitrogens with two attached hydrogens (primary N) is 1. The maximum absolute atomic E-state index is 11.3. The summed E-state index contributed by atoms with van der Waals surface area (Å²) in [6.45, 7) is 3.62. The summed E-state index contributed by atoms with van der Waals surface area (Å²) in [7, 11) is 0. The van der Waals surface area contributed by atoms with Gasteiger partial charge in [-0.05, 0) is 26.0 Å². The van der Waals surface area contributed by atoms with Crippen LogP contribution in [0.15, 0.2) is 18.2 Å². The zero-order chi connectivity index (χ0) is 13.7. The van der Waals surface area contributed by atoms with Crippen molar-refractivity contribution in [3.63, 3.8) is 0 Å². The molecule has 2 amide bonds. The van der Waals surface area contributed by atoms with Crippen LogP contribution in [0.4, 0.5) is 5.69 Å². The van der Waals surface area contributed by atoms with Gasteiger partial charge in [0.2, 0.25) is 5.91 Å². The van der Waals surface area contributed by atoms with Crippen LogP contribution in [0, 0.1) is 0 Å². The molecule has 0 radical (unpaired) electrons. The number of nitrogens with one attached hydrogen (secondary N) is 1. The first-order valence-corrected chi connectivity index (χ1v) is 5.94. The molecule has 0 fully saturated rings. The topological polar surface area (TPSA) is 81.4 Å². The van der Waals surface area contributed by atoms with Crippen LogP contribution in [-0.4, -0.2) is 23.8 Å². The van der Waals surface area contributed by atoms with Crippen molar-refractivity contribution in [1.29, 1.82) is 0 Å². The van der Waals surface area contributed by atoms with Crippen molar-refractivity contribution in [2.75, 3.05) is 11.2 Å². The summed E-state index contributed by atoms with van der Waals surface area (Å²) >= 11 is 5.42. The second-order valence-corrected chi connectivity index (χ2v) is 4.16. The Bertz CT molecular complexity index is 461. The highest BCUT2D eigenvalue weighted by Crippen LogP contribution is 2.29. The van der Waals surface area contributed by atoms with Crippen LogP contribution < -0.4 is 15.8 Å². The summed E-state index contributed by atoms with van der Waals surface area (Å²) in [6.07, 6.45) is -0.155. The number of alkyl halides is 1. The Kier molecular flexibility index (Phi) is 4.97. The van der Waals surface area contributed by atoms with Gasteiger partial charge in [-0.15, -0.1) is 11.6 Å². The number of para-hydroxylation sites is 1. The van der Waals surface area contributed by atoms with Crippen LogP contribution in [0.1, 0.15) is 24.2 Å². The fraction of sp³-hybridized carbons (Fsp3) is 0.333. The molecule has 0 heterocycles. The zero-order valence-electron chi connectivity index (χ0n) is 10.2. The standard InChI is InChI=1S/C12H15ClN2O3/c1-7(2)18-11-8(12(14)17)4-3-5-9(11)15-10(16)6-13/h3-5,7H,6H2,1-2H3,(H2,14,17)(H,15,16). The largest absolute Gasteiger partial charge is 0.488 e. The molecule has 0 spiro atoms. The van der Waals surface area contributed by atoms with Gasteiger partial charge in [-0.3, -0.25) is 9.59 Å². The molecule has 0 aromatic heterocycles. The minimum atomic E-state index is -0.618. The molecule has 0 saturated carbocycles. The fourth-order valence-electron chi connectivity index (χ4n) is 1.38. The second-order valence-electron chi connectivity index (χ2n) is 3.89. The van der Waals surface area contributed by atoms with E-state index in [4.69, 9.17) is 22.1 Å². The molecule has 0 bridgehead atoms. The molecular formula is C12H15ClN2O3. The van der Waals surface area contributed by atoms with Crippen molar-refractivity contribution in [2.45, 2.75) is 20.0 Å². The summed E-state index contributed by atoms with van der Waals surface area (Å²) in [4.78, 5) is 22.6. The molecule has 98 valence electrons. The zero-order valence-corrected chi connectivity index (χ0v) is 11.0. The van der Waals surface area contributed by atoms with Gasteiger partial charge in [-0.25, -0.2) is 0 Å². The fourth-order valence-corrected chi connectivity index (χ4v) is 1.44. The quantitative estimate of drug-likeness (QED) is 0.800. The van der Waals surface area contributed by atoms with Crippen molar-refractivity contribution < 1.29 is 14.3 Å². The van der Waals surface area contributed by atoms with Crippen molar-refractivity contribution in [3.8, 4) is 5.75 Å². The van der Waals surface area contributed by atoms with Crippen LogP contribution in [-0.2, 0) is 4.79 Å². The number of rotatable bonds is 5. The number of primary amides is 1. The molecule has 3 N–H and O–H groups in total. The van der Waals surface area contributed by atoms with Gasteiger partial charge in [-0.2, -0.15) is 0 Å². The Morgan fingerprint density at radius 1 is 1.44 bits per heavy atom. The Morgan fingerprint density at radius 3 is 2.61 bits per heavy atom. The third-order valence-corrected chi connectivity index (χ3v) is 2.27. The minimum Gasteiger partial charge on any atom is -0.488 e. The van der Waals surface area contributed by atoms with E-state index in [-0.39, 0.29) is 29.2 Å². The van der Waals surface area contributed by atoms with E-state index in [2.05, 4.69) is 5.32 Å². The van der Waals surface area contributed by atoms with Crippen molar-refractivity contribution in [3.05, 3.63) is 23.8 Å². The van der Waals surface area contributed by atoms with E-state index in [1.54, 1.807) is 12.1 Å². The summed E-state index contributed by atoms with van der Waals surface area (Å²) in [5.41, 5.74) is 5.86. The van der Waals surface area contributed by atoms with Gasteiger partial charge in [0.05, 0.1) is 17.4 Å². The Labute approximate surface area is 110 Å². The summed E-state index contributed by atoms with van der Waals surface area (Å²) in [5.74, 6) is -0.917. The number of ether oxygens (including phenoxy) is 1. The molecule has 0 aliphatic rings. The van der Waals surface area contributed by atoms with E-state index in [0.29, 0.717) is 5.69 Å². The third kappa shape index (κ3) is 3.63. The molecule has 0 aliphatic heterocycles. The Morgan fingerprint density at radius 2 is 2.11 bits per heavy atom. The highest BCUT2D eigenvalue weighted by atomic mass is 35.5. The molecule has 5 nitrogen and oxygen atoms in total. The molecule has 0 unspecified atom stereocenters. The van der Waals surface area contributed by atoms with Crippen molar-refractivity contribution >= 4 is 29.1 Å². The third-order valence-electron chi connectivity index (χ3n) is 2.03. The maximum atomic E-state index is 11.3. The number of halogens is 1. The predicted molar refractivity (Wildman–Crippen MR) is 70.1 cm³/mol. The average molecular weight is 271 g/mol. The molecule has 1 aromatic carbocycles. The van der Waals surface area contributed by atoms with E-state index < -0.39 is 5.91 Å². The molecule has 1 aromatic rings. The lowest BCUT2D eigenvalue weighted by atomic mass is 10.1. The van der Waals surface area contributed by atoms with Gasteiger partial charge in [0.25, 0.3) is 5.91 Å². The van der Waals surface area contributed by atoms with Gasteiger partial charge < -0.3 is 15.8 Å². The summed E-state index contributed by atoms with van der Waals surface area (Å²) < 4.78 is 5.52. The van der Waals surface area contributed by atoms with E-state index >= 15 is 0 Å². The Hall–Kier alpha value is -1.75. The lowest BCUT2D eigenvalue weighted by Gasteiger charge is -2.17. The van der Waals surface area contributed by atoms with Crippen LogP contribution >= 0.6 is 11.6 Å². The number of carbonyl (C=O) groups excluding carboxylic acids is 2. The van der Waals surface area contributed by atoms with Gasteiger partial charge in [-0.1, -0.05) is 6.07 Å². The minimum absolute atomic E-state index is 0.155. The molecular weight excluding hydrogens is 256 g/mol. The van der Waals surface area contributed by atoms with Crippen LogP contribution in [0.25, 0.3) is 0 Å². The smallest absolute Gasteiger partial charge is 0.252 e. The highest BCUT2D eigenvalue weighted by Gasteiger charge is 2.16. The number of carbonyl (C=O) groups is 2. The van der Waals surface area contributed by atoms with Gasteiger partial charge in [0.15, 0.2) is 5.75 Å². The van der Waals surface area contributed by atoms with Crippen LogP contribution in [0.5, 0.6) is 5.75 Å². The summed E-state index contributed by atoms with van der Waals surface area (Å²) in [5, 5.41) is 2.56. The SMILES string of the molecule is CC(C)Oc1c(NC(=O)CCl)cccc1C(N)=O. The van der Waals surface area contributed by atoms with E-state index in [1.807, 2.05) is 13.8 Å². The molecule has 18 heavy (non-hydrogen) atoms. The molecule has 0 saturated heterocycles. The Balaban J connectivity index is 3.19. The second kappa shape index (κ2) is 6.26. The average Bonchev–Trinajstić information content (AvgIpc) is 2.30. The lowest BCUT2D eigenvalue weighted by molar-refractivity contribution is -0.113. The number of benzene rings is 1. The number of hydrogen-bond donors (Lipinski definition) is 2. The molecule has 0 atom stereocenters. The molecule has 1 rings (SSSR count). The normalized spacial score (nSPS) is 10.2. The van der Waals surface area contributed by atoms with E-state index in [1.165, 1.54) is 6.07 Å². The highest BCUT2D eigenvalue weighted by molar-refractivity contribution is 6.29. The van der Waals surface area contributed by atoms with Gasteiger partial charge in [0, 0.05) is 0 Å². The van der Waals surface area contributed by atoms with Crippen molar-refractivity contribution in [2.24, 2.45) is 5.73 Å². The molecule has 6 heteroatoms. The number of amides is 2. The molecule has 0 aliphatic carbocycles. The van der Waals surface area contributed by atoms with Gasteiger partial charge in [0.1, 0.15) is 5.88 Å². The predicted octanol–water partition coefficient (Wildman–Crippen LogP) is 1.75. The summed E-state index contributed by atoms with van der Waals surface area (Å²) in [6, 6.07) is 4.77. The van der Waals surface area contributed by atoms with E-state index in [0.717, 1.165) is 0 Å². The van der Waals surface area contributed by atoms with E-state index in [9.17, 15) is 9.59 Å². The van der Waals surface area contributed by atoms with Crippen molar-refractivity contribution in [1.82, 2.24) is 0 Å². The van der Waals surface area contributed by atoms with Crippen LogP contribution in [0.2, 0.25) is 0 Å². The number of hydrogen-bond acceptors (Lipinski definition) is 3. The van der Waals surface area contributed by atoms with Gasteiger partial charge >= 0.3 is 0 Å². The maximum Gasteiger partial charge on any atom is 0.252 e. The monoisotopic (exact) mass is 270 g/mol. The lowest BCUT2D eigenvalue weighted by Crippen LogP contribution is -2.19. The number of anilines is 1. The first-order chi connectivity index (χ1) is 8.45. The first-order valence-electron chi connectivity index (χ1n) is 5.41. The first kappa shape index (κ1) is 14.3.